The van der Waals surface area contributed by atoms with Gasteiger partial charge in [0.15, 0.2) is 0 Å². The number of carbonyl (C=O) groups excluding carboxylic acids is 2. The van der Waals surface area contributed by atoms with Crippen molar-refractivity contribution in [1.82, 2.24) is 20.0 Å². The third-order valence-electron chi connectivity index (χ3n) is 6.04. The molecule has 8 heteroatoms. The molecule has 1 aromatic carbocycles. The number of anilines is 1. The van der Waals surface area contributed by atoms with Crippen molar-refractivity contribution >= 4 is 17.5 Å². The summed E-state index contributed by atoms with van der Waals surface area (Å²) in [6, 6.07) is 7.60. The molecule has 0 radical (unpaired) electrons. The third-order valence-corrected chi connectivity index (χ3v) is 6.04. The SMILES string of the molecule is O=C(Nc1ccc(F)cc1)C1CCN(C(=O)C2(n3cccn3)CCNCC2)CC1. The second kappa shape index (κ2) is 8.32. The maximum atomic E-state index is 13.5. The van der Waals surface area contributed by atoms with Gasteiger partial charge in [-0.1, -0.05) is 0 Å². The lowest BCUT2D eigenvalue weighted by Gasteiger charge is -2.42. The van der Waals surface area contributed by atoms with Crippen molar-refractivity contribution in [2.75, 3.05) is 31.5 Å². The van der Waals surface area contributed by atoms with Gasteiger partial charge in [-0.05, 0) is 69.1 Å². The Morgan fingerprint density at radius 3 is 2.45 bits per heavy atom. The number of nitrogens with zero attached hydrogens (tertiary/aromatic N) is 3. The summed E-state index contributed by atoms with van der Waals surface area (Å²) in [5.74, 6) is -0.468. The molecule has 154 valence electrons. The summed E-state index contributed by atoms with van der Waals surface area (Å²) in [6.07, 6.45) is 6.23. The molecule has 2 aliphatic rings. The Hall–Kier alpha value is -2.74. The summed E-state index contributed by atoms with van der Waals surface area (Å²) >= 11 is 0. The molecule has 2 aromatic rings. The minimum Gasteiger partial charge on any atom is -0.341 e. The van der Waals surface area contributed by atoms with Gasteiger partial charge in [0.2, 0.25) is 5.91 Å². The minimum atomic E-state index is -0.641. The molecule has 7 nitrogen and oxygen atoms in total. The lowest BCUT2D eigenvalue weighted by Crippen LogP contribution is -2.57. The molecule has 2 saturated heterocycles. The van der Waals surface area contributed by atoms with E-state index in [4.69, 9.17) is 0 Å². The van der Waals surface area contributed by atoms with E-state index in [2.05, 4.69) is 15.7 Å². The van der Waals surface area contributed by atoms with Crippen LogP contribution in [0.25, 0.3) is 0 Å². The highest BCUT2D eigenvalue weighted by atomic mass is 19.1. The minimum absolute atomic E-state index is 0.0765. The van der Waals surface area contributed by atoms with Crippen LogP contribution in [0.2, 0.25) is 0 Å². The van der Waals surface area contributed by atoms with Gasteiger partial charge in [-0.25, -0.2) is 4.39 Å². The first-order valence-electron chi connectivity index (χ1n) is 10.2. The number of benzene rings is 1. The molecule has 4 rings (SSSR count). The Kier molecular flexibility index (Phi) is 5.62. The molecule has 0 aliphatic carbocycles. The zero-order chi connectivity index (χ0) is 20.3. The fourth-order valence-electron chi connectivity index (χ4n) is 4.32. The van der Waals surface area contributed by atoms with Crippen molar-refractivity contribution in [1.29, 1.82) is 0 Å². The van der Waals surface area contributed by atoms with E-state index in [1.807, 2.05) is 21.8 Å². The molecule has 29 heavy (non-hydrogen) atoms. The van der Waals surface area contributed by atoms with Crippen molar-refractivity contribution in [3.63, 3.8) is 0 Å². The van der Waals surface area contributed by atoms with Gasteiger partial charge >= 0.3 is 0 Å². The number of piperidine rings is 2. The maximum Gasteiger partial charge on any atom is 0.250 e. The van der Waals surface area contributed by atoms with Crippen LogP contribution < -0.4 is 10.6 Å². The van der Waals surface area contributed by atoms with Crippen molar-refractivity contribution in [3.8, 4) is 0 Å². The zero-order valence-corrected chi connectivity index (χ0v) is 16.3. The smallest absolute Gasteiger partial charge is 0.250 e. The molecular formula is C21H26FN5O2. The molecule has 2 amide bonds. The number of halogens is 1. The summed E-state index contributed by atoms with van der Waals surface area (Å²) in [5.41, 5.74) is -0.0555. The Bertz CT molecular complexity index is 838. The Morgan fingerprint density at radius 1 is 1.14 bits per heavy atom. The van der Waals surface area contributed by atoms with Gasteiger partial charge in [-0.3, -0.25) is 14.3 Å². The molecule has 2 N–H and O–H groups in total. The van der Waals surface area contributed by atoms with Crippen molar-refractivity contribution < 1.29 is 14.0 Å². The highest BCUT2D eigenvalue weighted by Crippen LogP contribution is 2.31. The van der Waals surface area contributed by atoms with Crippen molar-refractivity contribution in [2.45, 2.75) is 31.2 Å². The van der Waals surface area contributed by atoms with Crippen LogP contribution >= 0.6 is 0 Å². The second-order valence-electron chi connectivity index (χ2n) is 7.79. The van der Waals surface area contributed by atoms with Gasteiger partial charge in [0.25, 0.3) is 5.91 Å². The van der Waals surface area contributed by atoms with Gasteiger partial charge in [0.1, 0.15) is 11.4 Å². The quantitative estimate of drug-likeness (QED) is 0.824. The maximum absolute atomic E-state index is 13.5. The fourth-order valence-corrected chi connectivity index (χ4v) is 4.32. The third kappa shape index (κ3) is 4.03. The average molecular weight is 399 g/mol. The number of carbonyl (C=O) groups is 2. The number of amides is 2. The first-order chi connectivity index (χ1) is 14.1. The van der Waals surface area contributed by atoms with Gasteiger partial charge in [-0.15, -0.1) is 0 Å². The number of aromatic nitrogens is 2. The van der Waals surface area contributed by atoms with Crippen LogP contribution in [0, 0.1) is 11.7 Å². The Balaban J connectivity index is 1.39. The molecule has 0 spiro atoms. The number of nitrogens with one attached hydrogen (secondary N) is 2. The molecule has 0 atom stereocenters. The van der Waals surface area contributed by atoms with E-state index in [9.17, 15) is 14.0 Å². The standard InChI is InChI=1S/C21H26FN5O2/c22-17-2-4-18(5-3-17)25-19(28)16-6-14-26(15-7-16)20(29)21(8-11-23-12-9-21)27-13-1-10-24-27/h1-5,10,13,16,23H,6-9,11-12,14-15H2,(H,25,28). The fraction of sp³-hybridized carbons (Fsp3) is 0.476. The average Bonchev–Trinajstić information content (AvgIpc) is 3.31. The normalized spacial score (nSPS) is 19.7. The molecule has 1 aromatic heterocycles. The van der Waals surface area contributed by atoms with E-state index in [0.717, 1.165) is 13.1 Å². The summed E-state index contributed by atoms with van der Waals surface area (Å²) in [4.78, 5) is 27.9. The second-order valence-corrected chi connectivity index (χ2v) is 7.79. The van der Waals surface area contributed by atoms with Gasteiger partial charge in [0, 0.05) is 37.1 Å². The van der Waals surface area contributed by atoms with E-state index >= 15 is 0 Å². The van der Waals surface area contributed by atoms with Gasteiger partial charge in [-0.2, -0.15) is 5.10 Å². The summed E-state index contributed by atoms with van der Waals surface area (Å²) < 4.78 is 14.8. The number of hydrogen-bond acceptors (Lipinski definition) is 4. The predicted octanol–water partition coefficient (Wildman–Crippen LogP) is 1.98. The first kappa shape index (κ1) is 19.6. The Morgan fingerprint density at radius 2 is 1.83 bits per heavy atom. The van der Waals surface area contributed by atoms with Crippen LogP contribution in [0.3, 0.4) is 0 Å². The molecule has 0 unspecified atom stereocenters. The Labute approximate surface area is 169 Å². The predicted molar refractivity (Wildman–Crippen MR) is 107 cm³/mol. The van der Waals surface area contributed by atoms with Crippen LogP contribution in [0.5, 0.6) is 0 Å². The number of hydrogen-bond donors (Lipinski definition) is 2. The van der Waals surface area contributed by atoms with E-state index < -0.39 is 5.54 Å². The zero-order valence-electron chi connectivity index (χ0n) is 16.3. The summed E-state index contributed by atoms with van der Waals surface area (Å²) in [7, 11) is 0. The molecule has 3 heterocycles. The number of rotatable bonds is 4. The lowest BCUT2D eigenvalue weighted by atomic mass is 9.85. The molecule has 0 saturated carbocycles. The largest absolute Gasteiger partial charge is 0.341 e. The highest BCUT2D eigenvalue weighted by molar-refractivity contribution is 5.93. The highest BCUT2D eigenvalue weighted by Gasteiger charge is 2.45. The summed E-state index contributed by atoms with van der Waals surface area (Å²) in [6.45, 7) is 2.66. The van der Waals surface area contributed by atoms with Crippen molar-refractivity contribution in [3.05, 3.63) is 48.5 Å². The van der Waals surface area contributed by atoms with E-state index in [0.29, 0.717) is 44.5 Å². The monoisotopic (exact) mass is 399 g/mol. The van der Waals surface area contributed by atoms with E-state index in [-0.39, 0.29) is 23.5 Å². The van der Waals surface area contributed by atoms with Crippen LogP contribution in [0.1, 0.15) is 25.7 Å². The van der Waals surface area contributed by atoms with Crippen LogP contribution in [-0.2, 0) is 15.1 Å². The molecule has 2 fully saturated rings. The topological polar surface area (TPSA) is 79.3 Å². The van der Waals surface area contributed by atoms with Crippen LogP contribution in [0.4, 0.5) is 10.1 Å². The summed E-state index contributed by atoms with van der Waals surface area (Å²) in [5, 5.41) is 10.5. The molecule has 0 bridgehead atoms. The lowest BCUT2D eigenvalue weighted by molar-refractivity contribution is -0.145. The van der Waals surface area contributed by atoms with Crippen LogP contribution in [0.15, 0.2) is 42.7 Å². The van der Waals surface area contributed by atoms with Gasteiger partial charge in [0.05, 0.1) is 0 Å². The van der Waals surface area contributed by atoms with Crippen molar-refractivity contribution in [2.24, 2.45) is 5.92 Å². The van der Waals surface area contributed by atoms with E-state index in [1.165, 1.54) is 12.1 Å². The number of likely N-dealkylation sites (tertiary alicyclic amines) is 1. The molecular weight excluding hydrogens is 373 g/mol. The van der Waals surface area contributed by atoms with E-state index in [1.54, 1.807) is 18.3 Å². The first-order valence-corrected chi connectivity index (χ1v) is 10.2. The molecule has 2 aliphatic heterocycles. The van der Waals surface area contributed by atoms with Crippen LogP contribution in [-0.4, -0.2) is 52.7 Å². The van der Waals surface area contributed by atoms with Gasteiger partial charge < -0.3 is 15.5 Å².